The van der Waals surface area contributed by atoms with Gasteiger partial charge in [0.1, 0.15) is 0 Å². The van der Waals surface area contributed by atoms with Gasteiger partial charge < -0.3 is 9.47 Å². The molecule has 0 heterocycles. The molecule has 1 aliphatic carbocycles. The largest absolute Gasteiger partial charge is 0.419 e. The molecule has 0 radical (unpaired) electrons. The molecule has 0 unspecified atom stereocenters. The van der Waals surface area contributed by atoms with Crippen LogP contribution in [-0.4, -0.2) is 11.9 Å². The molecule has 0 aliphatic heterocycles. The summed E-state index contributed by atoms with van der Waals surface area (Å²) < 4.78 is 12.1. The highest BCUT2D eigenvalue weighted by Gasteiger charge is 2.30. The summed E-state index contributed by atoms with van der Waals surface area (Å²) in [5.74, 6) is 0.553. The molecule has 3 aromatic rings. The first-order valence-electron chi connectivity index (χ1n) is 12.6. The van der Waals surface area contributed by atoms with Crippen molar-refractivity contribution in [2.45, 2.75) is 65.2 Å². The minimum atomic E-state index is -0.461. The lowest BCUT2D eigenvalue weighted by Crippen LogP contribution is -2.18. The molecule has 4 heteroatoms. The van der Waals surface area contributed by atoms with Crippen LogP contribution in [0.4, 0.5) is 0 Å². The maximum atomic E-state index is 13.2. The van der Waals surface area contributed by atoms with Crippen molar-refractivity contribution in [3.8, 4) is 11.5 Å². The van der Waals surface area contributed by atoms with E-state index in [1.165, 1.54) is 12.0 Å². The van der Waals surface area contributed by atoms with Crippen molar-refractivity contribution in [2.75, 3.05) is 0 Å². The van der Waals surface area contributed by atoms with E-state index in [0.717, 1.165) is 43.2 Å². The number of ether oxygens (including phenoxy) is 2. The maximum Gasteiger partial charge on any atom is 0.343 e. The van der Waals surface area contributed by atoms with Crippen LogP contribution in [0.25, 0.3) is 0 Å². The number of rotatable bonds is 7. The van der Waals surface area contributed by atoms with Gasteiger partial charge in [-0.1, -0.05) is 75.6 Å². The molecule has 0 spiro atoms. The summed E-state index contributed by atoms with van der Waals surface area (Å²) in [5, 5.41) is 0. The lowest BCUT2D eigenvalue weighted by atomic mass is 9.79. The normalized spacial score (nSPS) is 14.1. The Kier molecular flexibility index (Phi) is 8.02. The summed E-state index contributed by atoms with van der Waals surface area (Å²) in [7, 11) is 0. The number of carbonyl (C=O) groups is 2. The Bertz CT molecular complexity index is 1160. The van der Waals surface area contributed by atoms with Crippen LogP contribution in [0.1, 0.15) is 89.3 Å². The van der Waals surface area contributed by atoms with Crippen LogP contribution in [0.2, 0.25) is 0 Å². The lowest BCUT2D eigenvalue weighted by molar-refractivity contribution is 0.0678. The first-order valence-corrected chi connectivity index (χ1v) is 12.6. The molecule has 35 heavy (non-hydrogen) atoms. The first kappa shape index (κ1) is 24.7. The summed E-state index contributed by atoms with van der Waals surface area (Å²) in [4.78, 5) is 26.3. The van der Waals surface area contributed by atoms with Gasteiger partial charge in [0.15, 0.2) is 11.5 Å². The van der Waals surface area contributed by atoms with Gasteiger partial charge in [0, 0.05) is 5.56 Å². The molecule has 1 aliphatic rings. The number of carbonyl (C=O) groups excluding carboxylic acids is 2. The average Bonchev–Trinajstić information content (AvgIpc) is 2.87. The van der Waals surface area contributed by atoms with Crippen molar-refractivity contribution < 1.29 is 19.1 Å². The van der Waals surface area contributed by atoms with E-state index < -0.39 is 11.9 Å². The number of hydrogen-bond donors (Lipinski definition) is 0. The van der Waals surface area contributed by atoms with Crippen molar-refractivity contribution in [1.82, 2.24) is 0 Å². The zero-order valence-electron chi connectivity index (χ0n) is 20.9. The van der Waals surface area contributed by atoms with Gasteiger partial charge in [0.2, 0.25) is 0 Å². The van der Waals surface area contributed by atoms with Gasteiger partial charge in [-0.2, -0.15) is 0 Å². The Morgan fingerprint density at radius 3 is 1.83 bits per heavy atom. The Labute approximate surface area is 208 Å². The third-order valence-electron chi connectivity index (χ3n) is 6.60. The fraction of sp³-hybridized carbons (Fsp3) is 0.355. The lowest BCUT2D eigenvalue weighted by Gasteiger charge is -2.29. The molecule has 1 fully saturated rings. The minimum absolute atomic E-state index is 0.269. The Morgan fingerprint density at radius 2 is 1.31 bits per heavy atom. The monoisotopic (exact) mass is 470 g/mol. The third kappa shape index (κ3) is 6.00. The SMILES string of the molecule is Cc1cc(CC(C)C)c(C2CCCCC2)c(OC(=O)c2ccccc2)c1OC(=O)c1ccccc1. The summed E-state index contributed by atoms with van der Waals surface area (Å²) in [6, 6.07) is 20.0. The molecular weight excluding hydrogens is 436 g/mol. The number of hydrogen-bond acceptors (Lipinski definition) is 4. The zero-order valence-corrected chi connectivity index (χ0v) is 20.9. The quantitative estimate of drug-likeness (QED) is 0.262. The van der Waals surface area contributed by atoms with Crippen molar-refractivity contribution in [3.63, 3.8) is 0 Å². The predicted octanol–water partition coefficient (Wildman–Crippen LogP) is 7.68. The van der Waals surface area contributed by atoms with Crippen LogP contribution in [0, 0.1) is 12.8 Å². The van der Waals surface area contributed by atoms with E-state index in [4.69, 9.17) is 9.47 Å². The molecule has 0 amide bonds. The van der Waals surface area contributed by atoms with Crippen molar-refractivity contribution in [2.24, 2.45) is 5.92 Å². The molecule has 4 nitrogen and oxygen atoms in total. The van der Waals surface area contributed by atoms with E-state index in [-0.39, 0.29) is 5.92 Å². The van der Waals surface area contributed by atoms with Crippen LogP contribution in [0.3, 0.4) is 0 Å². The fourth-order valence-corrected chi connectivity index (χ4v) is 4.98. The van der Waals surface area contributed by atoms with Crippen LogP contribution in [-0.2, 0) is 6.42 Å². The summed E-state index contributed by atoms with van der Waals surface area (Å²) in [6.07, 6.45) is 6.45. The first-order chi connectivity index (χ1) is 16.9. The van der Waals surface area contributed by atoms with Gasteiger partial charge >= 0.3 is 11.9 Å². The highest BCUT2D eigenvalue weighted by Crippen LogP contribution is 2.47. The molecule has 4 rings (SSSR count). The minimum Gasteiger partial charge on any atom is -0.419 e. The Morgan fingerprint density at radius 1 is 0.800 bits per heavy atom. The maximum absolute atomic E-state index is 13.2. The van der Waals surface area contributed by atoms with Crippen molar-refractivity contribution in [3.05, 3.63) is 94.5 Å². The second kappa shape index (κ2) is 11.4. The van der Waals surface area contributed by atoms with Crippen LogP contribution < -0.4 is 9.47 Å². The third-order valence-corrected chi connectivity index (χ3v) is 6.60. The number of aryl methyl sites for hydroxylation is 1. The molecule has 0 atom stereocenters. The summed E-state index contributed by atoms with van der Waals surface area (Å²) in [6.45, 7) is 6.31. The van der Waals surface area contributed by atoms with E-state index in [0.29, 0.717) is 28.5 Å². The van der Waals surface area contributed by atoms with Crippen LogP contribution in [0.15, 0.2) is 66.7 Å². The Hall–Kier alpha value is -3.40. The highest BCUT2D eigenvalue weighted by molar-refractivity contribution is 5.93. The van der Waals surface area contributed by atoms with E-state index in [1.807, 2.05) is 31.2 Å². The van der Waals surface area contributed by atoms with Crippen molar-refractivity contribution >= 4 is 11.9 Å². The van der Waals surface area contributed by atoms with Gasteiger partial charge in [-0.05, 0) is 73.4 Å². The van der Waals surface area contributed by atoms with Gasteiger partial charge in [-0.15, -0.1) is 0 Å². The van der Waals surface area contributed by atoms with Gasteiger partial charge in [0.05, 0.1) is 11.1 Å². The molecule has 0 bridgehead atoms. The summed E-state index contributed by atoms with van der Waals surface area (Å²) >= 11 is 0. The Balaban J connectivity index is 1.84. The highest BCUT2D eigenvalue weighted by atomic mass is 16.6. The van der Waals surface area contributed by atoms with Gasteiger partial charge in [0.25, 0.3) is 0 Å². The molecule has 0 N–H and O–H groups in total. The topological polar surface area (TPSA) is 52.6 Å². The molecule has 3 aromatic carbocycles. The van der Waals surface area contributed by atoms with E-state index in [1.54, 1.807) is 36.4 Å². The number of esters is 2. The van der Waals surface area contributed by atoms with Crippen LogP contribution in [0.5, 0.6) is 11.5 Å². The van der Waals surface area contributed by atoms with Crippen LogP contribution >= 0.6 is 0 Å². The van der Waals surface area contributed by atoms with Gasteiger partial charge in [-0.3, -0.25) is 0 Å². The van der Waals surface area contributed by atoms with Crippen molar-refractivity contribution in [1.29, 1.82) is 0 Å². The molecule has 0 saturated heterocycles. The van der Waals surface area contributed by atoms with E-state index in [9.17, 15) is 9.59 Å². The second-order valence-electron chi connectivity index (χ2n) is 9.87. The van der Waals surface area contributed by atoms with Gasteiger partial charge in [-0.25, -0.2) is 9.59 Å². The molecule has 1 saturated carbocycles. The second-order valence-corrected chi connectivity index (χ2v) is 9.87. The fourth-order valence-electron chi connectivity index (χ4n) is 4.98. The molecular formula is C31H34O4. The smallest absolute Gasteiger partial charge is 0.343 e. The van der Waals surface area contributed by atoms with E-state index >= 15 is 0 Å². The standard InChI is InChI=1S/C31H34O4/c1-21(2)19-26-20-22(3)28(34-30(32)24-15-9-5-10-16-24)29(27(26)23-13-7-4-8-14-23)35-31(33)25-17-11-6-12-18-25/h5-6,9-12,15-18,20-21,23H,4,7-8,13-14,19H2,1-3H3. The summed E-state index contributed by atoms with van der Waals surface area (Å²) in [5.41, 5.74) is 3.93. The van der Waals surface area contributed by atoms with E-state index in [2.05, 4.69) is 19.9 Å². The molecule has 182 valence electrons. The molecule has 0 aromatic heterocycles. The average molecular weight is 471 g/mol. The number of benzene rings is 3. The predicted molar refractivity (Wildman–Crippen MR) is 138 cm³/mol. The zero-order chi connectivity index (χ0) is 24.8.